The molecule has 0 aliphatic carbocycles. The van der Waals surface area contributed by atoms with Crippen molar-refractivity contribution in [2.75, 3.05) is 0 Å². The number of fused-ring (bicyclic) bond motifs is 2. The lowest BCUT2D eigenvalue weighted by Crippen LogP contribution is -2.09. The molecule has 0 atom stereocenters. The Bertz CT molecular complexity index is 1500. The average molecular weight is 434 g/mol. The van der Waals surface area contributed by atoms with Crippen molar-refractivity contribution >= 4 is 33.5 Å². The standard InChI is InChI=1S/C28H18O5/c29-24-10-9-20-16-23(8-6-21(20)17-24)28(31)33-26-13-11-25(12-14-26)32-27(30)22-7-5-18-3-1-2-4-19(18)15-22/h1-17,29H. The molecule has 1 N–H and O–H groups in total. The van der Waals surface area contributed by atoms with Crippen LogP contribution >= 0.6 is 0 Å². The van der Waals surface area contributed by atoms with Gasteiger partial charge in [-0.15, -0.1) is 0 Å². The molecule has 5 heteroatoms. The second-order valence-corrected chi connectivity index (χ2v) is 7.56. The summed E-state index contributed by atoms with van der Waals surface area (Å²) < 4.78 is 10.9. The SMILES string of the molecule is O=C(Oc1ccc(OC(=O)c2ccc3cc(O)ccc3c2)cc1)c1ccc2ccccc2c1. The van der Waals surface area contributed by atoms with Crippen molar-refractivity contribution in [3.63, 3.8) is 0 Å². The van der Waals surface area contributed by atoms with Crippen LogP contribution in [0.25, 0.3) is 21.5 Å². The first kappa shape index (κ1) is 20.3. The van der Waals surface area contributed by atoms with Gasteiger partial charge in [-0.1, -0.05) is 42.5 Å². The van der Waals surface area contributed by atoms with E-state index in [1.807, 2.05) is 30.3 Å². The maximum absolute atomic E-state index is 12.5. The van der Waals surface area contributed by atoms with Crippen LogP contribution in [0.5, 0.6) is 17.2 Å². The van der Waals surface area contributed by atoms with Gasteiger partial charge in [0.25, 0.3) is 0 Å². The van der Waals surface area contributed by atoms with Crippen molar-refractivity contribution in [1.29, 1.82) is 0 Å². The molecule has 33 heavy (non-hydrogen) atoms. The molecule has 0 heterocycles. The molecule has 5 aromatic carbocycles. The number of carbonyl (C=O) groups is 2. The zero-order valence-corrected chi connectivity index (χ0v) is 17.4. The van der Waals surface area contributed by atoms with E-state index in [0.29, 0.717) is 22.6 Å². The van der Waals surface area contributed by atoms with Gasteiger partial charge in [0, 0.05) is 0 Å². The number of phenols is 1. The second-order valence-electron chi connectivity index (χ2n) is 7.56. The fourth-order valence-electron chi connectivity index (χ4n) is 3.58. The summed E-state index contributed by atoms with van der Waals surface area (Å²) in [4.78, 5) is 25.0. The van der Waals surface area contributed by atoms with E-state index in [0.717, 1.165) is 21.5 Å². The fraction of sp³-hybridized carbons (Fsp3) is 0. The lowest BCUT2D eigenvalue weighted by atomic mass is 10.1. The lowest BCUT2D eigenvalue weighted by molar-refractivity contribution is 0.0719. The summed E-state index contributed by atoms with van der Waals surface area (Å²) in [6.07, 6.45) is 0. The third kappa shape index (κ3) is 4.38. The molecular weight excluding hydrogens is 416 g/mol. The predicted molar refractivity (Wildman–Crippen MR) is 126 cm³/mol. The van der Waals surface area contributed by atoms with E-state index in [-0.39, 0.29) is 5.75 Å². The topological polar surface area (TPSA) is 72.8 Å². The number of carbonyl (C=O) groups excluding carboxylic acids is 2. The number of esters is 2. The number of phenolic OH excluding ortho intramolecular Hbond substituents is 1. The molecule has 5 aromatic rings. The Kier molecular flexibility index (Phi) is 5.21. The maximum Gasteiger partial charge on any atom is 0.343 e. The highest BCUT2D eigenvalue weighted by atomic mass is 16.5. The number of ether oxygens (including phenoxy) is 2. The first-order valence-corrected chi connectivity index (χ1v) is 10.3. The van der Waals surface area contributed by atoms with Crippen molar-refractivity contribution in [2.24, 2.45) is 0 Å². The fourth-order valence-corrected chi connectivity index (χ4v) is 3.58. The van der Waals surface area contributed by atoms with Gasteiger partial charge >= 0.3 is 11.9 Å². The maximum atomic E-state index is 12.5. The number of benzene rings is 5. The number of rotatable bonds is 4. The van der Waals surface area contributed by atoms with Crippen LogP contribution in [-0.4, -0.2) is 17.0 Å². The van der Waals surface area contributed by atoms with Gasteiger partial charge in [0.05, 0.1) is 11.1 Å². The number of aromatic hydroxyl groups is 1. The van der Waals surface area contributed by atoms with Gasteiger partial charge in [0.2, 0.25) is 0 Å². The first-order chi connectivity index (χ1) is 16.0. The van der Waals surface area contributed by atoms with E-state index in [2.05, 4.69) is 0 Å². The molecule has 0 bridgehead atoms. The molecule has 5 nitrogen and oxygen atoms in total. The molecule has 0 spiro atoms. The minimum atomic E-state index is -0.508. The van der Waals surface area contributed by atoms with Crippen LogP contribution in [0, 0.1) is 0 Å². The zero-order chi connectivity index (χ0) is 22.8. The highest BCUT2D eigenvalue weighted by Crippen LogP contribution is 2.24. The Labute approximate surface area is 189 Å². The summed E-state index contributed by atoms with van der Waals surface area (Å²) in [5.41, 5.74) is 0.842. The Morgan fingerprint density at radius 2 is 0.970 bits per heavy atom. The molecule has 0 amide bonds. The molecule has 0 saturated carbocycles. The molecule has 160 valence electrons. The van der Waals surface area contributed by atoms with Crippen LogP contribution in [0.4, 0.5) is 0 Å². The third-order valence-electron chi connectivity index (χ3n) is 5.29. The summed E-state index contributed by atoms with van der Waals surface area (Å²) in [7, 11) is 0. The molecule has 0 aliphatic rings. The van der Waals surface area contributed by atoms with E-state index in [9.17, 15) is 14.7 Å². The Hall–Kier alpha value is -4.64. The molecule has 0 unspecified atom stereocenters. The lowest BCUT2D eigenvalue weighted by Gasteiger charge is -2.08. The Morgan fingerprint density at radius 1 is 0.515 bits per heavy atom. The van der Waals surface area contributed by atoms with Gasteiger partial charge in [-0.05, 0) is 82.2 Å². The van der Waals surface area contributed by atoms with Crippen LogP contribution in [0.15, 0.2) is 103 Å². The van der Waals surface area contributed by atoms with Crippen LogP contribution in [0.2, 0.25) is 0 Å². The predicted octanol–water partition coefficient (Wildman–Crippen LogP) is 6.14. The van der Waals surface area contributed by atoms with Crippen molar-refractivity contribution in [1.82, 2.24) is 0 Å². The Morgan fingerprint density at radius 3 is 1.58 bits per heavy atom. The molecule has 0 aliphatic heterocycles. The highest BCUT2D eigenvalue weighted by molar-refractivity contribution is 5.97. The summed E-state index contributed by atoms with van der Waals surface area (Å²) in [6.45, 7) is 0. The normalized spacial score (nSPS) is 10.8. The minimum Gasteiger partial charge on any atom is -0.508 e. The average Bonchev–Trinajstić information content (AvgIpc) is 2.84. The van der Waals surface area contributed by atoms with Crippen molar-refractivity contribution in [3.8, 4) is 17.2 Å². The van der Waals surface area contributed by atoms with Gasteiger partial charge in [0.1, 0.15) is 17.2 Å². The largest absolute Gasteiger partial charge is 0.508 e. The molecular formula is C28H18O5. The molecule has 0 aromatic heterocycles. The summed E-state index contributed by atoms with van der Waals surface area (Å²) in [5.74, 6) is -0.132. The quantitative estimate of drug-likeness (QED) is 0.272. The molecule has 0 radical (unpaired) electrons. The van der Waals surface area contributed by atoms with Crippen molar-refractivity contribution < 1.29 is 24.2 Å². The van der Waals surface area contributed by atoms with E-state index in [1.165, 1.54) is 0 Å². The van der Waals surface area contributed by atoms with Gasteiger partial charge < -0.3 is 14.6 Å². The van der Waals surface area contributed by atoms with Gasteiger partial charge in [-0.2, -0.15) is 0 Å². The number of hydrogen-bond acceptors (Lipinski definition) is 5. The second kappa shape index (κ2) is 8.48. The minimum absolute atomic E-state index is 0.166. The van der Waals surface area contributed by atoms with E-state index < -0.39 is 11.9 Å². The zero-order valence-electron chi connectivity index (χ0n) is 17.4. The molecule has 0 fully saturated rings. The summed E-state index contributed by atoms with van der Waals surface area (Å²) >= 11 is 0. The Balaban J connectivity index is 1.26. The van der Waals surface area contributed by atoms with E-state index in [1.54, 1.807) is 72.8 Å². The van der Waals surface area contributed by atoms with E-state index >= 15 is 0 Å². The summed E-state index contributed by atoms with van der Waals surface area (Å²) in [5, 5.41) is 13.2. The van der Waals surface area contributed by atoms with Gasteiger partial charge in [0.15, 0.2) is 0 Å². The molecule has 5 rings (SSSR count). The highest BCUT2D eigenvalue weighted by Gasteiger charge is 2.12. The van der Waals surface area contributed by atoms with Crippen LogP contribution < -0.4 is 9.47 Å². The third-order valence-corrected chi connectivity index (χ3v) is 5.29. The first-order valence-electron chi connectivity index (χ1n) is 10.3. The van der Waals surface area contributed by atoms with Gasteiger partial charge in [-0.25, -0.2) is 9.59 Å². The number of hydrogen-bond donors (Lipinski definition) is 1. The van der Waals surface area contributed by atoms with E-state index in [4.69, 9.17) is 9.47 Å². The molecule has 0 saturated heterocycles. The van der Waals surface area contributed by atoms with Crippen molar-refractivity contribution in [3.05, 3.63) is 114 Å². The van der Waals surface area contributed by atoms with Crippen molar-refractivity contribution in [2.45, 2.75) is 0 Å². The summed E-state index contributed by atoms with van der Waals surface area (Å²) in [6, 6.07) is 29.5. The monoisotopic (exact) mass is 434 g/mol. The smallest absolute Gasteiger partial charge is 0.343 e. The van der Waals surface area contributed by atoms with Crippen LogP contribution in [0.3, 0.4) is 0 Å². The van der Waals surface area contributed by atoms with Gasteiger partial charge in [-0.3, -0.25) is 0 Å². The van der Waals surface area contributed by atoms with Crippen LogP contribution in [-0.2, 0) is 0 Å². The van der Waals surface area contributed by atoms with Crippen LogP contribution in [0.1, 0.15) is 20.7 Å².